The van der Waals surface area contributed by atoms with Gasteiger partial charge in [0.1, 0.15) is 5.01 Å². The molecule has 0 bridgehead atoms. The molecule has 1 fully saturated rings. The monoisotopic (exact) mass is 328 g/mol. The quantitative estimate of drug-likeness (QED) is 0.714. The summed E-state index contributed by atoms with van der Waals surface area (Å²) in [7, 11) is 0. The maximum Gasteiger partial charge on any atom is 0.117 e. The number of thiophene rings is 1. The first-order valence-electron chi connectivity index (χ1n) is 7.35. The molecule has 0 spiro atoms. The van der Waals surface area contributed by atoms with Gasteiger partial charge in [0.15, 0.2) is 0 Å². The van der Waals surface area contributed by atoms with Gasteiger partial charge in [0.05, 0.1) is 28.4 Å². The summed E-state index contributed by atoms with van der Waals surface area (Å²) < 4.78 is 6.64. The molecule has 112 valence electrons. The number of morpholine rings is 1. The Balaban J connectivity index is 1.51. The fourth-order valence-corrected chi connectivity index (χ4v) is 4.33. The first-order chi connectivity index (χ1) is 10.9. The van der Waals surface area contributed by atoms with E-state index in [-0.39, 0.29) is 0 Å². The van der Waals surface area contributed by atoms with E-state index in [1.807, 2.05) is 17.4 Å². The zero-order valence-electron chi connectivity index (χ0n) is 12.1. The highest BCUT2D eigenvalue weighted by molar-refractivity contribution is 7.19. The second-order valence-electron chi connectivity index (χ2n) is 5.13. The maximum atomic E-state index is 5.40. The Morgan fingerprint density at radius 3 is 2.73 bits per heavy atom. The van der Waals surface area contributed by atoms with Gasteiger partial charge < -0.3 is 9.64 Å². The van der Waals surface area contributed by atoms with Crippen LogP contribution < -0.4 is 4.90 Å². The normalized spacial score (nSPS) is 15.9. The fourth-order valence-electron chi connectivity index (χ4n) is 2.50. The molecule has 1 aromatic carbocycles. The third-order valence-corrected chi connectivity index (χ3v) is 5.75. The van der Waals surface area contributed by atoms with Crippen LogP contribution in [0.5, 0.6) is 0 Å². The number of thiazole rings is 1. The van der Waals surface area contributed by atoms with E-state index >= 15 is 0 Å². The molecule has 1 aliphatic rings. The van der Waals surface area contributed by atoms with Crippen LogP contribution in [0.2, 0.25) is 0 Å². The summed E-state index contributed by atoms with van der Waals surface area (Å²) >= 11 is 3.56. The summed E-state index contributed by atoms with van der Waals surface area (Å²) in [4.78, 5) is 8.29. The molecule has 3 nitrogen and oxygen atoms in total. The van der Waals surface area contributed by atoms with Crippen LogP contribution in [-0.4, -0.2) is 31.3 Å². The average Bonchev–Trinajstić information content (AvgIpc) is 3.20. The zero-order valence-corrected chi connectivity index (χ0v) is 13.7. The van der Waals surface area contributed by atoms with Gasteiger partial charge in [-0.05, 0) is 36.4 Å². The van der Waals surface area contributed by atoms with Crippen molar-refractivity contribution >= 4 is 50.0 Å². The van der Waals surface area contributed by atoms with Crippen molar-refractivity contribution in [3.8, 4) is 0 Å². The second-order valence-corrected chi connectivity index (χ2v) is 7.28. The molecule has 0 radical (unpaired) electrons. The lowest BCUT2D eigenvalue weighted by molar-refractivity contribution is 0.123. The van der Waals surface area contributed by atoms with Gasteiger partial charge in [0, 0.05) is 18.0 Å². The third kappa shape index (κ3) is 2.92. The largest absolute Gasteiger partial charge is 0.378 e. The molecular weight excluding hydrogens is 312 g/mol. The summed E-state index contributed by atoms with van der Waals surface area (Å²) in [6.45, 7) is 3.63. The van der Waals surface area contributed by atoms with E-state index in [2.05, 4.69) is 52.4 Å². The van der Waals surface area contributed by atoms with Gasteiger partial charge in [-0.2, -0.15) is 0 Å². The molecule has 1 aliphatic heterocycles. The minimum Gasteiger partial charge on any atom is -0.378 e. The Morgan fingerprint density at radius 2 is 1.86 bits per heavy atom. The van der Waals surface area contributed by atoms with Crippen LogP contribution in [0, 0.1) is 0 Å². The lowest BCUT2D eigenvalue weighted by Crippen LogP contribution is -2.35. The van der Waals surface area contributed by atoms with Crippen LogP contribution in [0.1, 0.15) is 9.88 Å². The molecule has 5 heteroatoms. The van der Waals surface area contributed by atoms with Gasteiger partial charge in [-0.15, -0.1) is 22.7 Å². The molecule has 4 rings (SSSR count). The Kier molecular flexibility index (Phi) is 3.93. The van der Waals surface area contributed by atoms with E-state index in [0.29, 0.717) is 0 Å². The lowest BCUT2D eigenvalue weighted by Gasteiger charge is -2.27. The molecule has 0 amide bonds. The summed E-state index contributed by atoms with van der Waals surface area (Å²) in [5.41, 5.74) is 1.08. The number of rotatable bonds is 3. The van der Waals surface area contributed by atoms with Gasteiger partial charge in [-0.3, -0.25) is 0 Å². The van der Waals surface area contributed by atoms with Crippen molar-refractivity contribution in [2.45, 2.75) is 0 Å². The first-order valence-corrected chi connectivity index (χ1v) is 8.98. The predicted molar refractivity (Wildman–Crippen MR) is 95.9 cm³/mol. The summed E-state index contributed by atoms with van der Waals surface area (Å²) in [6, 6.07) is 12.6. The molecule has 22 heavy (non-hydrogen) atoms. The van der Waals surface area contributed by atoms with Crippen LogP contribution in [-0.2, 0) is 4.74 Å². The Morgan fingerprint density at radius 1 is 1.00 bits per heavy atom. The van der Waals surface area contributed by atoms with Crippen molar-refractivity contribution in [1.29, 1.82) is 0 Å². The number of fused-ring (bicyclic) bond motifs is 1. The molecule has 0 N–H and O–H groups in total. The number of para-hydroxylation sites is 1. The summed E-state index contributed by atoms with van der Waals surface area (Å²) in [5.74, 6) is 0. The Hall–Kier alpha value is -1.69. The molecule has 3 heterocycles. The minimum absolute atomic E-state index is 0.828. The molecule has 0 aliphatic carbocycles. The van der Waals surface area contributed by atoms with Crippen LogP contribution in [0.3, 0.4) is 0 Å². The number of nitrogens with zero attached hydrogens (tertiary/aromatic N) is 2. The van der Waals surface area contributed by atoms with Crippen molar-refractivity contribution in [2.75, 3.05) is 31.2 Å². The highest BCUT2D eigenvalue weighted by atomic mass is 32.1. The van der Waals surface area contributed by atoms with E-state index in [0.717, 1.165) is 36.8 Å². The van der Waals surface area contributed by atoms with E-state index in [1.54, 1.807) is 11.3 Å². The van der Waals surface area contributed by atoms with Gasteiger partial charge in [-0.1, -0.05) is 12.1 Å². The number of benzene rings is 1. The smallest absolute Gasteiger partial charge is 0.117 e. The molecule has 0 saturated carbocycles. The number of hydrogen-bond acceptors (Lipinski definition) is 5. The summed E-state index contributed by atoms with van der Waals surface area (Å²) in [6.07, 6.45) is 4.27. The zero-order chi connectivity index (χ0) is 14.8. The van der Waals surface area contributed by atoms with Gasteiger partial charge in [0.2, 0.25) is 0 Å². The van der Waals surface area contributed by atoms with E-state index < -0.39 is 0 Å². The topological polar surface area (TPSA) is 25.4 Å². The minimum atomic E-state index is 0.828. The van der Waals surface area contributed by atoms with Gasteiger partial charge >= 0.3 is 0 Å². The van der Waals surface area contributed by atoms with E-state index in [4.69, 9.17) is 4.74 Å². The number of anilines is 1. The maximum absolute atomic E-state index is 5.40. The van der Waals surface area contributed by atoms with Crippen LogP contribution >= 0.6 is 22.7 Å². The Labute approximate surface area is 137 Å². The van der Waals surface area contributed by atoms with Crippen molar-refractivity contribution in [1.82, 2.24) is 4.98 Å². The summed E-state index contributed by atoms with van der Waals surface area (Å²) in [5, 5.41) is 2.38. The Bertz CT molecular complexity index is 767. The molecule has 1 saturated heterocycles. The van der Waals surface area contributed by atoms with Crippen molar-refractivity contribution in [2.24, 2.45) is 0 Å². The first kappa shape index (κ1) is 13.9. The van der Waals surface area contributed by atoms with Gasteiger partial charge in [0.25, 0.3) is 0 Å². The van der Waals surface area contributed by atoms with E-state index in [9.17, 15) is 0 Å². The SMILES string of the molecule is C(=C\c1nc2ccccc2s1)/c1ccc(N2CCOCC2)s1. The van der Waals surface area contributed by atoms with Crippen LogP contribution in [0.4, 0.5) is 5.00 Å². The molecule has 0 atom stereocenters. The number of hydrogen-bond donors (Lipinski definition) is 0. The number of aromatic nitrogens is 1. The predicted octanol–water partition coefficient (Wildman–Crippen LogP) is 4.36. The third-order valence-electron chi connectivity index (χ3n) is 3.64. The van der Waals surface area contributed by atoms with Gasteiger partial charge in [-0.25, -0.2) is 4.98 Å². The second kappa shape index (κ2) is 6.20. The molecule has 0 unspecified atom stereocenters. The van der Waals surface area contributed by atoms with E-state index in [1.165, 1.54) is 14.6 Å². The molecule has 3 aromatic rings. The molecular formula is C17H16N2OS2. The highest BCUT2D eigenvalue weighted by Crippen LogP contribution is 2.29. The standard InChI is InChI=1S/C17H16N2OS2/c1-2-4-15-14(3-1)18-16(22-15)7-5-13-6-8-17(21-13)19-9-11-20-12-10-19/h1-8H,9-12H2/b7-5+. The number of ether oxygens (including phenoxy) is 1. The lowest BCUT2D eigenvalue weighted by atomic mass is 10.3. The van der Waals surface area contributed by atoms with Crippen molar-refractivity contribution < 1.29 is 4.74 Å². The van der Waals surface area contributed by atoms with Crippen molar-refractivity contribution in [3.05, 3.63) is 46.3 Å². The molecule has 2 aromatic heterocycles. The van der Waals surface area contributed by atoms with Crippen LogP contribution in [0.15, 0.2) is 36.4 Å². The fraction of sp³-hybridized carbons (Fsp3) is 0.235. The highest BCUT2D eigenvalue weighted by Gasteiger charge is 2.12. The van der Waals surface area contributed by atoms with Crippen molar-refractivity contribution in [3.63, 3.8) is 0 Å². The van der Waals surface area contributed by atoms with Crippen LogP contribution in [0.25, 0.3) is 22.4 Å². The average molecular weight is 328 g/mol.